The van der Waals surface area contributed by atoms with Crippen molar-refractivity contribution in [2.75, 3.05) is 6.54 Å². The SMILES string of the molecule is Cc1noc(C)c1CN1CC(=O)NC(C)(C2CC2)C1=O. The van der Waals surface area contributed by atoms with Crippen LogP contribution in [0.4, 0.5) is 0 Å². The lowest BCUT2D eigenvalue weighted by Crippen LogP contribution is -2.66. The first-order valence-electron chi connectivity index (χ1n) is 6.94. The van der Waals surface area contributed by atoms with E-state index in [1.54, 1.807) is 4.90 Å². The number of carbonyl (C=O) groups is 2. The number of piperazine rings is 1. The summed E-state index contributed by atoms with van der Waals surface area (Å²) in [6, 6.07) is 0. The molecule has 1 atom stereocenters. The molecule has 1 saturated heterocycles. The lowest BCUT2D eigenvalue weighted by Gasteiger charge is -2.40. The monoisotopic (exact) mass is 277 g/mol. The number of aryl methyl sites for hydroxylation is 2. The number of nitrogens with zero attached hydrogens (tertiary/aromatic N) is 2. The zero-order chi connectivity index (χ0) is 14.5. The van der Waals surface area contributed by atoms with Gasteiger partial charge in [0.1, 0.15) is 11.3 Å². The summed E-state index contributed by atoms with van der Waals surface area (Å²) in [4.78, 5) is 26.2. The predicted molar refractivity (Wildman–Crippen MR) is 70.7 cm³/mol. The van der Waals surface area contributed by atoms with Gasteiger partial charge >= 0.3 is 0 Å². The van der Waals surface area contributed by atoms with Gasteiger partial charge < -0.3 is 14.7 Å². The van der Waals surface area contributed by atoms with Crippen LogP contribution in [0.2, 0.25) is 0 Å². The molecule has 6 heteroatoms. The van der Waals surface area contributed by atoms with Crippen LogP contribution in [0.5, 0.6) is 0 Å². The summed E-state index contributed by atoms with van der Waals surface area (Å²) in [6.07, 6.45) is 2.00. The molecule has 1 aliphatic carbocycles. The van der Waals surface area contributed by atoms with Gasteiger partial charge in [0.05, 0.1) is 18.8 Å². The normalized spacial score (nSPS) is 26.9. The Morgan fingerprint density at radius 2 is 2.10 bits per heavy atom. The maximum absolute atomic E-state index is 12.7. The Kier molecular flexibility index (Phi) is 2.84. The first kappa shape index (κ1) is 13.1. The molecule has 0 spiro atoms. The maximum atomic E-state index is 12.7. The number of hydrogen-bond donors (Lipinski definition) is 1. The van der Waals surface area contributed by atoms with E-state index in [0.717, 1.165) is 24.1 Å². The summed E-state index contributed by atoms with van der Waals surface area (Å²) in [5.74, 6) is 0.881. The van der Waals surface area contributed by atoms with E-state index in [1.165, 1.54) is 0 Å². The van der Waals surface area contributed by atoms with E-state index in [1.807, 2.05) is 20.8 Å². The van der Waals surface area contributed by atoms with Crippen LogP contribution in [0, 0.1) is 19.8 Å². The van der Waals surface area contributed by atoms with Gasteiger partial charge in [-0.05, 0) is 39.5 Å². The molecule has 108 valence electrons. The highest BCUT2D eigenvalue weighted by Gasteiger charge is 2.52. The van der Waals surface area contributed by atoms with Crippen molar-refractivity contribution in [2.24, 2.45) is 5.92 Å². The molecule has 2 aliphatic rings. The number of hydrogen-bond acceptors (Lipinski definition) is 4. The van der Waals surface area contributed by atoms with Crippen LogP contribution in [0.3, 0.4) is 0 Å². The molecule has 2 amide bonds. The summed E-state index contributed by atoms with van der Waals surface area (Å²) < 4.78 is 5.12. The molecule has 3 rings (SSSR count). The molecule has 2 heterocycles. The Morgan fingerprint density at radius 3 is 2.65 bits per heavy atom. The smallest absolute Gasteiger partial charge is 0.249 e. The Hall–Kier alpha value is -1.85. The molecule has 1 aromatic heterocycles. The molecule has 0 bridgehead atoms. The molecular formula is C14H19N3O3. The second-order valence-corrected chi connectivity index (χ2v) is 5.99. The maximum Gasteiger partial charge on any atom is 0.249 e. The summed E-state index contributed by atoms with van der Waals surface area (Å²) in [5, 5.41) is 6.77. The number of rotatable bonds is 3. The molecular weight excluding hydrogens is 258 g/mol. The van der Waals surface area contributed by atoms with Crippen molar-refractivity contribution >= 4 is 11.8 Å². The fourth-order valence-electron chi connectivity index (χ4n) is 2.94. The van der Waals surface area contributed by atoms with Crippen LogP contribution in [-0.2, 0) is 16.1 Å². The molecule has 1 saturated carbocycles. The third-order valence-corrected chi connectivity index (χ3v) is 4.39. The van der Waals surface area contributed by atoms with E-state index in [2.05, 4.69) is 10.5 Å². The summed E-state index contributed by atoms with van der Waals surface area (Å²) >= 11 is 0. The van der Waals surface area contributed by atoms with E-state index in [4.69, 9.17) is 4.52 Å². The quantitative estimate of drug-likeness (QED) is 0.891. The van der Waals surface area contributed by atoms with E-state index in [9.17, 15) is 9.59 Å². The fraction of sp³-hybridized carbons (Fsp3) is 0.643. The average molecular weight is 277 g/mol. The third kappa shape index (κ3) is 1.99. The van der Waals surface area contributed by atoms with Crippen molar-refractivity contribution in [1.29, 1.82) is 0 Å². The molecule has 1 N–H and O–H groups in total. The molecule has 1 aromatic rings. The van der Waals surface area contributed by atoms with E-state index in [0.29, 0.717) is 12.3 Å². The van der Waals surface area contributed by atoms with E-state index < -0.39 is 5.54 Å². The minimum absolute atomic E-state index is 0.000370. The van der Waals surface area contributed by atoms with Crippen LogP contribution >= 0.6 is 0 Å². The summed E-state index contributed by atoms with van der Waals surface area (Å²) in [6.45, 7) is 6.00. The van der Waals surface area contributed by atoms with Crippen molar-refractivity contribution in [3.8, 4) is 0 Å². The van der Waals surface area contributed by atoms with Crippen LogP contribution in [0.15, 0.2) is 4.52 Å². The first-order valence-corrected chi connectivity index (χ1v) is 6.94. The van der Waals surface area contributed by atoms with Crippen LogP contribution in [-0.4, -0.2) is 34.0 Å². The van der Waals surface area contributed by atoms with Crippen LogP contribution in [0.25, 0.3) is 0 Å². The number of amides is 2. The van der Waals surface area contributed by atoms with Crippen molar-refractivity contribution in [1.82, 2.24) is 15.4 Å². The minimum Gasteiger partial charge on any atom is -0.361 e. The zero-order valence-corrected chi connectivity index (χ0v) is 12.0. The van der Waals surface area contributed by atoms with Gasteiger partial charge in [-0.15, -0.1) is 0 Å². The number of nitrogens with one attached hydrogen (secondary N) is 1. The first-order chi connectivity index (χ1) is 9.41. The third-order valence-electron chi connectivity index (χ3n) is 4.39. The number of aromatic nitrogens is 1. The fourth-order valence-corrected chi connectivity index (χ4v) is 2.94. The van der Waals surface area contributed by atoms with Gasteiger partial charge in [-0.2, -0.15) is 0 Å². The lowest BCUT2D eigenvalue weighted by molar-refractivity contribution is -0.150. The van der Waals surface area contributed by atoms with Crippen molar-refractivity contribution in [3.05, 3.63) is 17.0 Å². The van der Waals surface area contributed by atoms with Gasteiger partial charge in [-0.3, -0.25) is 9.59 Å². The van der Waals surface area contributed by atoms with E-state index in [-0.39, 0.29) is 24.3 Å². The zero-order valence-electron chi connectivity index (χ0n) is 12.0. The standard InChI is InChI=1S/C14H19N3O3/c1-8-11(9(2)20-16-8)6-17-7-12(18)15-14(3,13(17)19)10-4-5-10/h10H,4-7H2,1-3H3,(H,15,18). The summed E-state index contributed by atoms with van der Waals surface area (Å²) in [5.41, 5.74) is 0.925. The minimum atomic E-state index is -0.742. The van der Waals surface area contributed by atoms with Gasteiger partial charge in [0, 0.05) is 5.56 Å². The topological polar surface area (TPSA) is 75.4 Å². The molecule has 2 fully saturated rings. The molecule has 0 aromatic carbocycles. The highest BCUT2D eigenvalue weighted by Crippen LogP contribution is 2.41. The van der Waals surface area contributed by atoms with Gasteiger partial charge in [0.2, 0.25) is 11.8 Å². The average Bonchev–Trinajstić information content (AvgIpc) is 3.18. The Bertz CT molecular complexity index is 557. The van der Waals surface area contributed by atoms with Gasteiger partial charge in [-0.25, -0.2) is 0 Å². The molecule has 6 nitrogen and oxygen atoms in total. The Morgan fingerprint density at radius 1 is 1.40 bits per heavy atom. The molecule has 1 unspecified atom stereocenters. The lowest BCUT2D eigenvalue weighted by atomic mass is 9.91. The predicted octanol–water partition coefficient (Wildman–Crippen LogP) is 0.919. The van der Waals surface area contributed by atoms with Crippen molar-refractivity contribution in [2.45, 2.75) is 45.7 Å². The van der Waals surface area contributed by atoms with Crippen molar-refractivity contribution in [3.63, 3.8) is 0 Å². The number of carbonyl (C=O) groups excluding carboxylic acids is 2. The van der Waals surface area contributed by atoms with Crippen molar-refractivity contribution < 1.29 is 14.1 Å². The van der Waals surface area contributed by atoms with Gasteiger partial charge in [-0.1, -0.05) is 5.16 Å². The molecule has 20 heavy (non-hydrogen) atoms. The van der Waals surface area contributed by atoms with Crippen LogP contribution in [0.1, 0.15) is 36.8 Å². The summed E-state index contributed by atoms with van der Waals surface area (Å²) in [7, 11) is 0. The highest BCUT2D eigenvalue weighted by molar-refractivity contribution is 5.98. The van der Waals surface area contributed by atoms with E-state index >= 15 is 0 Å². The molecule has 0 radical (unpaired) electrons. The largest absolute Gasteiger partial charge is 0.361 e. The van der Waals surface area contributed by atoms with Crippen LogP contribution < -0.4 is 5.32 Å². The molecule has 1 aliphatic heterocycles. The van der Waals surface area contributed by atoms with Gasteiger partial charge in [0.25, 0.3) is 0 Å². The second kappa shape index (κ2) is 4.33. The highest BCUT2D eigenvalue weighted by atomic mass is 16.5. The Balaban J connectivity index is 1.85. The van der Waals surface area contributed by atoms with Gasteiger partial charge in [0.15, 0.2) is 0 Å². The second-order valence-electron chi connectivity index (χ2n) is 5.99. The Labute approximate surface area is 117 Å².